The van der Waals surface area contributed by atoms with E-state index in [4.69, 9.17) is 5.73 Å². The van der Waals surface area contributed by atoms with E-state index >= 15 is 0 Å². The highest BCUT2D eigenvalue weighted by Gasteiger charge is 2.14. The Morgan fingerprint density at radius 1 is 1.25 bits per heavy atom. The second-order valence-electron chi connectivity index (χ2n) is 5.46. The van der Waals surface area contributed by atoms with Gasteiger partial charge in [0.2, 0.25) is 15.9 Å². The van der Waals surface area contributed by atoms with Gasteiger partial charge in [-0.25, -0.2) is 8.42 Å². The molecule has 7 heteroatoms. The number of para-hydroxylation sites is 2. The Hall–Kier alpha value is -1.60. The highest BCUT2D eigenvalue weighted by molar-refractivity contribution is 7.92. The molecule has 1 amide bonds. The molecule has 0 saturated heterocycles. The summed E-state index contributed by atoms with van der Waals surface area (Å²) in [6, 6.07) is 6.63. The smallest absolute Gasteiger partial charge is 0.229 e. The van der Waals surface area contributed by atoms with E-state index in [0.29, 0.717) is 17.8 Å². The lowest BCUT2D eigenvalue weighted by Crippen LogP contribution is -2.33. The Labute approximate surface area is 119 Å². The minimum Gasteiger partial charge on any atom is -0.326 e. The van der Waals surface area contributed by atoms with Crippen molar-refractivity contribution in [3.63, 3.8) is 0 Å². The summed E-state index contributed by atoms with van der Waals surface area (Å²) in [6.07, 6.45) is 1.87. The monoisotopic (exact) mass is 299 g/mol. The molecule has 0 bridgehead atoms. The van der Waals surface area contributed by atoms with E-state index in [9.17, 15) is 13.2 Å². The molecule has 0 aliphatic carbocycles. The lowest BCUT2D eigenvalue weighted by Gasteiger charge is -2.18. The summed E-state index contributed by atoms with van der Waals surface area (Å²) < 4.78 is 24.9. The average Bonchev–Trinajstić information content (AvgIpc) is 2.26. The molecular weight excluding hydrogens is 278 g/mol. The van der Waals surface area contributed by atoms with Gasteiger partial charge in [-0.3, -0.25) is 9.52 Å². The number of nitrogens with two attached hydrogens (primary N) is 1. The molecule has 0 spiro atoms. The predicted octanol–water partition coefficient (Wildman–Crippen LogP) is 1.51. The van der Waals surface area contributed by atoms with Crippen molar-refractivity contribution in [1.82, 2.24) is 0 Å². The van der Waals surface area contributed by atoms with Crippen molar-refractivity contribution in [2.45, 2.75) is 32.2 Å². The molecule has 0 aliphatic rings. The molecule has 1 aromatic rings. The molecule has 0 fully saturated rings. The molecule has 0 heterocycles. The van der Waals surface area contributed by atoms with Gasteiger partial charge in [0.05, 0.1) is 17.6 Å². The fraction of sp³-hybridized carbons (Fsp3) is 0.462. The maximum absolute atomic E-state index is 11.8. The lowest BCUT2D eigenvalue weighted by atomic mass is 10.00. The molecule has 1 aromatic carbocycles. The van der Waals surface area contributed by atoms with Crippen LogP contribution in [0, 0.1) is 0 Å². The number of rotatable bonds is 6. The van der Waals surface area contributed by atoms with E-state index in [-0.39, 0.29) is 12.3 Å². The van der Waals surface area contributed by atoms with Crippen LogP contribution in [-0.4, -0.2) is 26.1 Å². The maximum atomic E-state index is 11.8. The highest BCUT2D eigenvalue weighted by Crippen LogP contribution is 2.22. The molecule has 6 nitrogen and oxygen atoms in total. The van der Waals surface area contributed by atoms with Crippen molar-refractivity contribution in [2.24, 2.45) is 5.73 Å². The molecular formula is C13H21N3O3S. The van der Waals surface area contributed by atoms with Gasteiger partial charge in [-0.2, -0.15) is 0 Å². The van der Waals surface area contributed by atoms with Crippen LogP contribution in [0.2, 0.25) is 0 Å². The van der Waals surface area contributed by atoms with Crippen LogP contribution in [0.25, 0.3) is 0 Å². The summed E-state index contributed by atoms with van der Waals surface area (Å²) in [7, 11) is -3.39. The van der Waals surface area contributed by atoms with Crippen LogP contribution in [0.1, 0.15) is 26.7 Å². The third kappa shape index (κ3) is 6.53. The Kier molecular flexibility index (Phi) is 5.13. The van der Waals surface area contributed by atoms with Gasteiger partial charge in [-0.1, -0.05) is 12.1 Å². The van der Waals surface area contributed by atoms with Crippen molar-refractivity contribution >= 4 is 27.3 Å². The molecule has 0 unspecified atom stereocenters. The first-order valence-corrected chi connectivity index (χ1v) is 8.11. The number of sulfonamides is 1. The zero-order valence-electron chi connectivity index (χ0n) is 11.9. The van der Waals surface area contributed by atoms with Crippen molar-refractivity contribution in [3.8, 4) is 0 Å². The molecule has 0 saturated carbocycles. The second-order valence-corrected chi connectivity index (χ2v) is 7.21. The van der Waals surface area contributed by atoms with Gasteiger partial charge in [0.15, 0.2) is 0 Å². The summed E-state index contributed by atoms with van der Waals surface area (Å²) in [5.41, 5.74) is 6.18. The normalized spacial score (nSPS) is 12.0. The number of benzene rings is 1. The topological polar surface area (TPSA) is 101 Å². The SMILES string of the molecule is CC(C)(N)CCC(=O)Nc1ccccc1NS(C)(=O)=O. The third-order valence-electron chi connectivity index (χ3n) is 2.49. The number of anilines is 2. The van der Waals surface area contributed by atoms with Crippen LogP contribution in [0.4, 0.5) is 11.4 Å². The zero-order chi connectivity index (χ0) is 15.4. The first-order valence-electron chi connectivity index (χ1n) is 6.22. The fourth-order valence-corrected chi connectivity index (χ4v) is 2.11. The van der Waals surface area contributed by atoms with E-state index in [1.54, 1.807) is 24.3 Å². The molecule has 0 radical (unpaired) electrons. The standard InChI is InChI=1S/C13H21N3O3S/c1-13(2,14)9-8-12(17)15-10-6-4-5-7-11(10)16-20(3,18)19/h4-7,16H,8-9,14H2,1-3H3,(H,15,17). The fourth-order valence-electron chi connectivity index (χ4n) is 1.53. The van der Waals surface area contributed by atoms with Crippen LogP contribution >= 0.6 is 0 Å². The third-order valence-corrected chi connectivity index (χ3v) is 3.08. The molecule has 20 heavy (non-hydrogen) atoms. The maximum Gasteiger partial charge on any atom is 0.229 e. The average molecular weight is 299 g/mol. The number of amides is 1. The van der Waals surface area contributed by atoms with Crippen molar-refractivity contribution in [3.05, 3.63) is 24.3 Å². The molecule has 4 N–H and O–H groups in total. The van der Waals surface area contributed by atoms with Crippen molar-refractivity contribution in [2.75, 3.05) is 16.3 Å². The van der Waals surface area contributed by atoms with Crippen LogP contribution in [0.5, 0.6) is 0 Å². The van der Waals surface area contributed by atoms with E-state index in [1.165, 1.54) is 0 Å². The summed E-state index contributed by atoms with van der Waals surface area (Å²) in [4.78, 5) is 11.8. The van der Waals surface area contributed by atoms with Gasteiger partial charge in [0.1, 0.15) is 0 Å². The first kappa shape index (κ1) is 16.5. The number of nitrogens with one attached hydrogen (secondary N) is 2. The molecule has 0 atom stereocenters. The lowest BCUT2D eigenvalue weighted by molar-refractivity contribution is -0.116. The Balaban J connectivity index is 2.75. The van der Waals surface area contributed by atoms with Gasteiger partial charge >= 0.3 is 0 Å². The number of carbonyl (C=O) groups excluding carboxylic acids is 1. The number of carbonyl (C=O) groups is 1. The summed E-state index contributed by atoms with van der Waals surface area (Å²) in [5.74, 6) is -0.203. The summed E-state index contributed by atoms with van der Waals surface area (Å²) in [6.45, 7) is 3.69. The predicted molar refractivity (Wildman–Crippen MR) is 81.0 cm³/mol. The van der Waals surface area contributed by atoms with Crippen LogP contribution < -0.4 is 15.8 Å². The second kappa shape index (κ2) is 6.23. The van der Waals surface area contributed by atoms with E-state index in [1.807, 2.05) is 13.8 Å². The zero-order valence-corrected chi connectivity index (χ0v) is 12.8. The van der Waals surface area contributed by atoms with E-state index in [0.717, 1.165) is 6.26 Å². The van der Waals surface area contributed by atoms with Crippen molar-refractivity contribution in [1.29, 1.82) is 0 Å². The van der Waals surface area contributed by atoms with Gasteiger partial charge in [0, 0.05) is 12.0 Å². The Morgan fingerprint density at radius 3 is 2.30 bits per heavy atom. The quantitative estimate of drug-likeness (QED) is 0.741. The van der Waals surface area contributed by atoms with Gasteiger partial charge < -0.3 is 11.1 Å². The highest BCUT2D eigenvalue weighted by atomic mass is 32.2. The minimum absolute atomic E-state index is 0.203. The van der Waals surface area contributed by atoms with Crippen LogP contribution in [0.3, 0.4) is 0 Å². The van der Waals surface area contributed by atoms with Gasteiger partial charge in [-0.05, 0) is 32.4 Å². The minimum atomic E-state index is -3.39. The summed E-state index contributed by atoms with van der Waals surface area (Å²) in [5, 5.41) is 2.68. The molecule has 112 valence electrons. The molecule has 0 aromatic heterocycles. The number of hydrogen-bond donors (Lipinski definition) is 3. The molecule has 1 rings (SSSR count). The van der Waals surface area contributed by atoms with Crippen LogP contribution in [-0.2, 0) is 14.8 Å². The van der Waals surface area contributed by atoms with Crippen molar-refractivity contribution < 1.29 is 13.2 Å². The van der Waals surface area contributed by atoms with Gasteiger partial charge in [0.25, 0.3) is 0 Å². The van der Waals surface area contributed by atoms with E-state index < -0.39 is 15.6 Å². The number of hydrogen-bond acceptors (Lipinski definition) is 4. The van der Waals surface area contributed by atoms with E-state index in [2.05, 4.69) is 10.0 Å². The Bertz CT molecular complexity index is 577. The van der Waals surface area contributed by atoms with Gasteiger partial charge in [-0.15, -0.1) is 0 Å². The first-order chi connectivity index (χ1) is 9.07. The molecule has 0 aliphatic heterocycles. The largest absolute Gasteiger partial charge is 0.326 e. The Morgan fingerprint density at radius 2 is 1.80 bits per heavy atom. The summed E-state index contributed by atoms with van der Waals surface area (Å²) >= 11 is 0. The van der Waals surface area contributed by atoms with Crippen LogP contribution in [0.15, 0.2) is 24.3 Å².